The van der Waals surface area contributed by atoms with Gasteiger partial charge in [-0.2, -0.15) is 0 Å². The lowest BCUT2D eigenvalue weighted by Gasteiger charge is -2.17. The normalized spacial score (nSPS) is 13.7. The smallest absolute Gasteiger partial charge is 0.000740 e. The van der Waals surface area contributed by atoms with Gasteiger partial charge in [0.2, 0.25) is 0 Å². The SMILES string of the molecule is Cc1ccc2c(c1)C(c1cc3ccccc3c3ccccc13)=C1C2=C(c2cc3ccccc3c3ccccc23)c2cc(C)ccc21. The Balaban J connectivity index is 1.42. The molecular formula is C46H30. The van der Waals surface area contributed by atoms with Crippen LogP contribution in [0.2, 0.25) is 0 Å². The largest absolute Gasteiger partial charge is 0.0616 e. The number of hydrogen-bond acceptors (Lipinski definition) is 0. The van der Waals surface area contributed by atoms with Gasteiger partial charge in [0.05, 0.1) is 0 Å². The van der Waals surface area contributed by atoms with Gasteiger partial charge in [0.15, 0.2) is 0 Å². The van der Waals surface area contributed by atoms with Gasteiger partial charge < -0.3 is 0 Å². The minimum Gasteiger partial charge on any atom is -0.0616 e. The molecule has 0 aliphatic heterocycles. The minimum absolute atomic E-state index is 1.28. The highest BCUT2D eigenvalue weighted by Crippen LogP contribution is 2.60. The first-order chi connectivity index (χ1) is 22.7. The highest BCUT2D eigenvalue weighted by molar-refractivity contribution is 6.38. The first-order valence-electron chi connectivity index (χ1n) is 16.2. The summed E-state index contributed by atoms with van der Waals surface area (Å²) in [4.78, 5) is 0. The molecule has 0 heterocycles. The van der Waals surface area contributed by atoms with E-state index in [0.29, 0.717) is 0 Å². The zero-order chi connectivity index (χ0) is 30.5. The van der Waals surface area contributed by atoms with Crippen molar-refractivity contribution < 1.29 is 0 Å². The predicted molar refractivity (Wildman–Crippen MR) is 197 cm³/mol. The number of aryl methyl sites for hydroxylation is 2. The van der Waals surface area contributed by atoms with Crippen LogP contribution >= 0.6 is 0 Å². The van der Waals surface area contributed by atoms with E-state index in [9.17, 15) is 0 Å². The average molecular weight is 583 g/mol. The molecular weight excluding hydrogens is 553 g/mol. The van der Waals surface area contributed by atoms with Crippen LogP contribution in [0.1, 0.15) is 44.5 Å². The summed E-state index contributed by atoms with van der Waals surface area (Å²) in [5, 5.41) is 10.4. The summed E-state index contributed by atoms with van der Waals surface area (Å²) in [7, 11) is 0. The maximum atomic E-state index is 2.44. The molecule has 8 aromatic rings. The maximum Gasteiger partial charge on any atom is -0.000740 e. The number of benzene rings is 8. The van der Waals surface area contributed by atoms with E-state index >= 15 is 0 Å². The molecule has 0 unspecified atom stereocenters. The third kappa shape index (κ3) is 3.44. The van der Waals surface area contributed by atoms with Crippen molar-refractivity contribution in [3.8, 4) is 0 Å². The molecule has 2 aliphatic carbocycles. The van der Waals surface area contributed by atoms with Crippen molar-refractivity contribution in [1.82, 2.24) is 0 Å². The van der Waals surface area contributed by atoms with E-state index < -0.39 is 0 Å². The average Bonchev–Trinajstić information content (AvgIpc) is 3.58. The van der Waals surface area contributed by atoms with E-state index in [2.05, 4.69) is 159 Å². The quantitative estimate of drug-likeness (QED) is 0.178. The molecule has 0 nitrogen and oxygen atoms in total. The molecule has 8 aromatic carbocycles. The summed E-state index contributed by atoms with van der Waals surface area (Å²) < 4.78 is 0. The van der Waals surface area contributed by atoms with E-state index in [4.69, 9.17) is 0 Å². The monoisotopic (exact) mass is 582 g/mol. The van der Waals surface area contributed by atoms with Crippen molar-refractivity contribution in [2.75, 3.05) is 0 Å². The van der Waals surface area contributed by atoms with Crippen LogP contribution in [0.25, 0.3) is 65.4 Å². The molecule has 0 radical (unpaired) electrons. The predicted octanol–water partition coefficient (Wildman–Crippen LogP) is 12.2. The van der Waals surface area contributed by atoms with Crippen LogP contribution in [-0.4, -0.2) is 0 Å². The zero-order valence-corrected chi connectivity index (χ0v) is 25.9. The topological polar surface area (TPSA) is 0 Å². The zero-order valence-electron chi connectivity index (χ0n) is 25.9. The highest BCUT2D eigenvalue weighted by atomic mass is 14.4. The third-order valence-electron chi connectivity index (χ3n) is 10.3. The second-order valence-electron chi connectivity index (χ2n) is 13.0. The molecule has 0 spiro atoms. The fraction of sp³-hybridized carbons (Fsp3) is 0.0435. The summed E-state index contributed by atoms with van der Waals surface area (Å²) in [5.41, 5.74) is 15.9. The minimum atomic E-state index is 1.28. The van der Waals surface area contributed by atoms with Gasteiger partial charge in [-0.05, 0) is 125 Å². The number of hydrogen-bond donors (Lipinski definition) is 0. The lowest BCUT2D eigenvalue weighted by molar-refractivity contribution is 1.43. The van der Waals surface area contributed by atoms with Crippen molar-refractivity contribution in [2.45, 2.75) is 13.8 Å². The van der Waals surface area contributed by atoms with Gasteiger partial charge in [-0.25, -0.2) is 0 Å². The van der Waals surface area contributed by atoms with Crippen molar-refractivity contribution in [3.05, 3.63) is 190 Å². The van der Waals surface area contributed by atoms with Gasteiger partial charge in [0.1, 0.15) is 0 Å². The molecule has 0 bridgehead atoms. The van der Waals surface area contributed by atoms with Crippen molar-refractivity contribution >= 4 is 65.4 Å². The number of rotatable bonds is 2. The second kappa shape index (κ2) is 9.39. The molecule has 0 heteroatoms. The van der Waals surface area contributed by atoms with E-state index in [1.165, 1.54) is 110 Å². The fourth-order valence-electron chi connectivity index (χ4n) is 8.31. The summed E-state index contributed by atoms with van der Waals surface area (Å²) in [5.74, 6) is 0. The Morgan fingerprint density at radius 2 is 0.630 bits per heavy atom. The molecule has 0 amide bonds. The van der Waals surface area contributed by atoms with Crippen LogP contribution in [0.4, 0.5) is 0 Å². The molecule has 2 aliphatic rings. The Kier molecular flexibility index (Phi) is 5.23. The molecule has 46 heavy (non-hydrogen) atoms. The van der Waals surface area contributed by atoms with Crippen molar-refractivity contribution in [3.63, 3.8) is 0 Å². The molecule has 0 fully saturated rings. The molecule has 10 rings (SSSR count). The lowest BCUT2D eigenvalue weighted by atomic mass is 9.86. The maximum absolute atomic E-state index is 2.44. The summed E-state index contributed by atoms with van der Waals surface area (Å²) in [6.45, 7) is 4.44. The summed E-state index contributed by atoms with van der Waals surface area (Å²) in [6, 6.07) is 54.6. The standard InChI is InChI=1S/C46H30/c1-27-19-21-37-39(23-27)43(41-25-29-11-3-5-13-31(29)33-15-7-9-17-35(33)41)46-38-22-20-28(2)24-40(38)44(45(37)46)42-26-30-12-4-6-14-32(30)34-16-8-10-18-36(34)42/h3-26H,1-2H3. The van der Waals surface area contributed by atoms with Gasteiger partial charge in [0, 0.05) is 0 Å². The molecule has 0 atom stereocenters. The molecule has 0 saturated heterocycles. The van der Waals surface area contributed by atoms with Gasteiger partial charge in [-0.3, -0.25) is 0 Å². The van der Waals surface area contributed by atoms with Crippen molar-refractivity contribution in [2.24, 2.45) is 0 Å². The fourth-order valence-corrected chi connectivity index (χ4v) is 8.31. The summed E-state index contributed by atoms with van der Waals surface area (Å²) >= 11 is 0. The van der Waals surface area contributed by atoms with Crippen LogP contribution in [0.15, 0.2) is 146 Å². The van der Waals surface area contributed by atoms with E-state index in [0.717, 1.165) is 0 Å². The van der Waals surface area contributed by atoms with Crippen molar-refractivity contribution in [1.29, 1.82) is 0 Å². The second-order valence-corrected chi connectivity index (χ2v) is 13.0. The van der Waals surface area contributed by atoms with Gasteiger partial charge in [-0.15, -0.1) is 0 Å². The highest BCUT2D eigenvalue weighted by Gasteiger charge is 2.38. The van der Waals surface area contributed by atoms with Crippen LogP contribution in [0, 0.1) is 13.8 Å². The van der Waals surface area contributed by atoms with Crippen LogP contribution in [0.3, 0.4) is 0 Å². The van der Waals surface area contributed by atoms with E-state index in [1.807, 2.05) is 0 Å². The Morgan fingerprint density at radius 3 is 1.07 bits per heavy atom. The molecule has 0 saturated carbocycles. The molecule has 214 valence electrons. The van der Waals surface area contributed by atoms with E-state index in [1.54, 1.807) is 0 Å². The van der Waals surface area contributed by atoms with Crippen LogP contribution < -0.4 is 0 Å². The third-order valence-corrected chi connectivity index (χ3v) is 10.3. The molecule has 0 N–H and O–H groups in total. The van der Waals surface area contributed by atoms with E-state index in [-0.39, 0.29) is 0 Å². The summed E-state index contributed by atoms with van der Waals surface area (Å²) in [6.07, 6.45) is 0. The first-order valence-corrected chi connectivity index (χ1v) is 16.2. The number of allylic oxidation sites excluding steroid dienone is 2. The first kappa shape index (κ1) is 25.6. The Hall–Kier alpha value is -5.72. The molecule has 0 aromatic heterocycles. The Morgan fingerprint density at radius 1 is 0.261 bits per heavy atom. The lowest BCUT2D eigenvalue weighted by Crippen LogP contribution is -1.96. The van der Waals surface area contributed by atoms with Gasteiger partial charge >= 0.3 is 0 Å². The Labute approximate surface area is 268 Å². The number of fused-ring (bicyclic) bond motifs is 11. The van der Waals surface area contributed by atoms with Gasteiger partial charge in [0.25, 0.3) is 0 Å². The van der Waals surface area contributed by atoms with Crippen LogP contribution in [-0.2, 0) is 0 Å². The Bertz CT molecular complexity index is 2510. The van der Waals surface area contributed by atoms with Gasteiger partial charge in [-0.1, -0.05) is 145 Å². The van der Waals surface area contributed by atoms with Crippen LogP contribution in [0.5, 0.6) is 0 Å².